The number of fused-ring (bicyclic) bond motifs is 1. The predicted octanol–water partition coefficient (Wildman–Crippen LogP) is 5.51. The number of rotatable bonds is 10. The van der Waals surface area contributed by atoms with Gasteiger partial charge in [0.05, 0.1) is 18.8 Å². The molecule has 0 bridgehead atoms. The molecule has 0 spiro atoms. The van der Waals surface area contributed by atoms with E-state index in [0.29, 0.717) is 17.4 Å². The van der Waals surface area contributed by atoms with E-state index in [4.69, 9.17) is 27.4 Å². The van der Waals surface area contributed by atoms with E-state index >= 15 is 0 Å². The third-order valence-corrected chi connectivity index (χ3v) is 8.63. The number of primary amides is 1. The number of nitrogens with zero attached hydrogens (tertiary/aromatic N) is 4. The largest absolute Gasteiger partial charge is 0.370 e. The topological polar surface area (TPSA) is 95.3 Å². The Morgan fingerprint density at radius 3 is 2.62 bits per heavy atom. The van der Waals surface area contributed by atoms with Crippen molar-refractivity contribution in [1.29, 1.82) is 0 Å². The Morgan fingerprint density at radius 2 is 1.90 bits per heavy atom. The summed E-state index contributed by atoms with van der Waals surface area (Å²) in [6, 6.07) is 24.3. The van der Waals surface area contributed by atoms with E-state index < -0.39 is 5.91 Å². The molecule has 1 aliphatic rings. The number of hydrogen-bond donors (Lipinski definition) is 1. The molecule has 1 aromatic heterocycles. The zero-order chi connectivity index (χ0) is 28.3. The van der Waals surface area contributed by atoms with E-state index in [1.54, 1.807) is 0 Å². The van der Waals surface area contributed by atoms with Gasteiger partial charge in [0.2, 0.25) is 5.91 Å². The van der Waals surface area contributed by atoms with Gasteiger partial charge in [-0.25, -0.2) is 9.48 Å². The molecule has 206 valence electrons. The molecule has 0 fully saturated rings. The van der Waals surface area contributed by atoms with Crippen molar-refractivity contribution in [3.63, 3.8) is 0 Å². The molecule has 0 aliphatic heterocycles. The summed E-state index contributed by atoms with van der Waals surface area (Å²) in [5, 5.41) is 5.36. The smallest absolute Gasteiger partial charge is 0.346 e. The van der Waals surface area contributed by atoms with Gasteiger partial charge in [-0.2, -0.15) is 5.10 Å². The Labute approximate surface area is 252 Å². The van der Waals surface area contributed by atoms with Crippen molar-refractivity contribution in [2.24, 2.45) is 10.7 Å². The second-order valence-electron chi connectivity index (χ2n) is 10.1. The van der Waals surface area contributed by atoms with Crippen molar-refractivity contribution in [3.05, 3.63) is 120 Å². The molecule has 40 heavy (non-hydrogen) atoms. The minimum atomic E-state index is -0.471. The van der Waals surface area contributed by atoms with Crippen LogP contribution < -0.4 is 11.4 Å². The molecule has 1 heterocycles. The summed E-state index contributed by atoms with van der Waals surface area (Å²) in [5.41, 5.74) is 10.4. The number of aromatic nitrogens is 3. The zero-order valence-electron chi connectivity index (χ0n) is 22.3. The van der Waals surface area contributed by atoms with Crippen LogP contribution in [0, 0.1) is 3.57 Å². The average Bonchev–Trinajstić information content (AvgIpc) is 3.46. The molecule has 0 radical (unpaired) electrons. The molecular weight excluding hydrogens is 637 g/mol. The molecule has 7 nitrogen and oxygen atoms in total. The monoisotopic (exact) mass is 667 g/mol. The minimum absolute atomic E-state index is 0.0435. The van der Waals surface area contributed by atoms with Crippen LogP contribution in [-0.2, 0) is 36.3 Å². The summed E-state index contributed by atoms with van der Waals surface area (Å²) < 4.78 is 4.05. The van der Waals surface area contributed by atoms with Gasteiger partial charge >= 0.3 is 5.69 Å². The van der Waals surface area contributed by atoms with Crippen LogP contribution in [0.15, 0.2) is 82.6 Å². The molecule has 9 heteroatoms. The first-order valence-corrected chi connectivity index (χ1v) is 14.8. The van der Waals surface area contributed by atoms with Gasteiger partial charge in [0, 0.05) is 27.0 Å². The average molecular weight is 668 g/mol. The Bertz CT molecular complexity index is 1630. The number of aryl methyl sites for hydroxylation is 1. The molecule has 5 rings (SSSR count). The van der Waals surface area contributed by atoms with Crippen molar-refractivity contribution in [1.82, 2.24) is 14.3 Å². The van der Waals surface area contributed by atoms with Crippen LogP contribution in [0.2, 0.25) is 5.02 Å². The van der Waals surface area contributed by atoms with Crippen LogP contribution in [0.1, 0.15) is 54.3 Å². The maximum Gasteiger partial charge on any atom is 0.346 e. The van der Waals surface area contributed by atoms with Gasteiger partial charge in [0.1, 0.15) is 0 Å². The predicted molar refractivity (Wildman–Crippen MR) is 167 cm³/mol. The van der Waals surface area contributed by atoms with Crippen LogP contribution in [0.5, 0.6) is 0 Å². The molecular formula is C31H31ClIN5O2. The Kier molecular flexibility index (Phi) is 8.56. The summed E-state index contributed by atoms with van der Waals surface area (Å²) in [4.78, 5) is 30.3. The van der Waals surface area contributed by atoms with Gasteiger partial charge in [0.25, 0.3) is 0 Å². The quantitative estimate of drug-likeness (QED) is 0.179. The van der Waals surface area contributed by atoms with Crippen molar-refractivity contribution in [2.75, 3.05) is 0 Å². The highest BCUT2D eigenvalue weighted by molar-refractivity contribution is 14.1. The Hall–Kier alpha value is -3.24. The number of amides is 1. The highest BCUT2D eigenvalue weighted by atomic mass is 127. The molecule has 1 amide bonds. The standard InChI is InChI=1S/C31H31ClIN5O2/c1-2-31(16-14-22-7-3-4-9-26(22)31)29(23-10-12-24(32)13-11-23)35-19-28-36-38(20-21-6-5-8-25(33)18-21)30(40)37(28)17-15-27(34)39/h3-13,18H,2,14-17,19-20H2,1H3,(H2,34,39)/b35-29-/t31-/m1/s1. The SMILES string of the molecule is CC[C@@]1(/C(=N\Cc2nn(Cc3cccc(I)c3)c(=O)n2CCC(N)=O)c2ccc(Cl)cc2)CCc2ccccc21. The third-order valence-electron chi connectivity index (χ3n) is 7.71. The van der Waals surface area contributed by atoms with Gasteiger partial charge in [-0.1, -0.05) is 67.1 Å². The van der Waals surface area contributed by atoms with E-state index in [9.17, 15) is 9.59 Å². The molecule has 0 unspecified atom stereocenters. The second kappa shape index (κ2) is 12.1. The zero-order valence-corrected chi connectivity index (χ0v) is 25.2. The van der Waals surface area contributed by atoms with Gasteiger partial charge < -0.3 is 5.73 Å². The van der Waals surface area contributed by atoms with E-state index in [2.05, 4.69) is 53.8 Å². The number of carbonyl (C=O) groups is 1. The number of halogens is 2. The maximum atomic E-state index is 13.4. The fourth-order valence-corrected chi connectivity index (χ4v) is 6.44. The van der Waals surface area contributed by atoms with Crippen molar-refractivity contribution < 1.29 is 4.79 Å². The fourth-order valence-electron chi connectivity index (χ4n) is 5.71. The number of aliphatic imine (C=N–C) groups is 1. The van der Waals surface area contributed by atoms with Crippen LogP contribution >= 0.6 is 34.2 Å². The summed E-state index contributed by atoms with van der Waals surface area (Å²) in [6.45, 7) is 2.87. The minimum Gasteiger partial charge on any atom is -0.370 e. The molecule has 0 saturated carbocycles. The van der Waals surface area contributed by atoms with Crippen LogP contribution in [-0.4, -0.2) is 26.0 Å². The summed E-state index contributed by atoms with van der Waals surface area (Å²) >= 11 is 8.50. The number of nitrogens with two attached hydrogens (primary N) is 1. The summed E-state index contributed by atoms with van der Waals surface area (Å²) in [6.07, 6.45) is 2.84. The van der Waals surface area contributed by atoms with Crippen LogP contribution in [0.3, 0.4) is 0 Å². The van der Waals surface area contributed by atoms with E-state index in [0.717, 1.165) is 39.7 Å². The van der Waals surface area contributed by atoms with Crippen molar-refractivity contribution in [2.45, 2.75) is 57.7 Å². The molecule has 3 aromatic carbocycles. The second-order valence-corrected chi connectivity index (χ2v) is 11.8. The van der Waals surface area contributed by atoms with E-state index in [1.165, 1.54) is 20.4 Å². The normalized spacial score (nSPS) is 16.7. The molecule has 0 saturated heterocycles. The lowest BCUT2D eigenvalue weighted by Gasteiger charge is -2.32. The first kappa shape index (κ1) is 28.3. The lowest BCUT2D eigenvalue weighted by Crippen LogP contribution is -2.34. The van der Waals surface area contributed by atoms with Crippen molar-refractivity contribution >= 4 is 45.8 Å². The lowest BCUT2D eigenvalue weighted by molar-refractivity contribution is -0.118. The number of hydrogen-bond acceptors (Lipinski definition) is 4. The third kappa shape index (κ3) is 5.78. The summed E-state index contributed by atoms with van der Waals surface area (Å²) in [7, 11) is 0. The number of benzene rings is 3. The first-order valence-electron chi connectivity index (χ1n) is 13.4. The van der Waals surface area contributed by atoms with Crippen LogP contribution in [0.25, 0.3) is 0 Å². The number of carbonyl (C=O) groups excluding carboxylic acids is 1. The van der Waals surface area contributed by atoms with Gasteiger partial charge in [0.15, 0.2) is 5.82 Å². The van der Waals surface area contributed by atoms with E-state index in [-0.39, 0.29) is 30.6 Å². The maximum absolute atomic E-state index is 13.4. The molecule has 1 atom stereocenters. The molecule has 1 aliphatic carbocycles. The highest BCUT2D eigenvalue weighted by Crippen LogP contribution is 2.44. The Balaban J connectivity index is 1.59. The van der Waals surface area contributed by atoms with Crippen LogP contribution in [0.4, 0.5) is 0 Å². The van der Waals surface area contributed by atoms with Crippen molar-refractivity contribution in [3.8, 4) is 0 Å². The Morgan fingerprint density at radius 1 is 1.12 bits per heavy atom. The summed E-state index contributed by atoms with van der Waals surface area (Å²) in [5.74, 6) is 0.0296. The van der Waals surface area contributed by atoms with Gasteiger partial charge in [-0.3, -0.25) is 14.4 Å². The molecule has 4 aromatic rings. The first-order chi connectivity index (χ1) is 19.3. The fraction of sp³-hybridized carbons (Fsp3) is 0.290. The lowest BCUT2D eigenvalue weighted by atomic mass is 9.72. The van der Waals surface area contributed by atoms with Gasteiger partial charge in [-0.05, 0) is 88.4 Å². The highest BCUT2D eigenvalue weighted by Gasteiger charge is 2.42. The van der Waals surface area contributed by atoms with E-state index in [1.807, 2.05) is 48.5 Å². The molecule has 2 N–H and O–H groups in total. The van der Waals surface area contributed by atoms with Gasteiger partial charge in [-0.15, -0.1) is 0 Å².